The lowest BCUT2D eigenvalue weighted by Gasteiger charge is -1.71. The summed E-state index contributed by atoms with van der Waals surface area (Å²) in [5.41, 5.74) is 0. The van der Waals surface area contributed by atoms with Crippen LogP contribution in [0.1, 0.15) is 1.43 Å². The van der Waals surface area contributed by atoms with Gasteiger partial charge in [-0.15, -0.1) is 5.16 Å². The molecule has 0 aromatic rings. The van der Waals surface area contributed by atoms with Gasteiger partial charge in [0, 0.05) is 8.14 Å². The molecule has 0 radical (unpaired) electrons. The van der Waals surface area contributed by atoms with Gasteiger partial charge in [0.25, 0.3) is 0 Å². The van der Waals surface area contributed by atoms with Crippen LogP contribution >= 0.6 is 0 Å². The van der Waals surface area contributed by atoms with Gasteiger partial charge in [-0.3, -0.25) is 0 Å². The Morgan fingerprint density at radius 2 is 2.50 bits per heavy atom. The molecule has 0 bridgehead atoms. The molecule has 0 aliphatic carbocycles. The van der Waals surface area contributed by atoms with Gasteiger partial charge >= 0.3 is 0 Å². The van der Waals surface area contributed by atoms with Crippen LogP contribution in [-0.2, 0) is 4.84 Å². The Kier molecular flexibility index (Phi) is 2.14. The number of hydrogen-bond donors (Lipinski definition) is 0. The van der Waals surface area contributed by atoms with Crippen molar-refractivity contribution in [1.29, 1.82) is 0 Å². The first-order valence-corrected chi connectivity index (χ1v) is 0.907. The van der Waals surface area contributed by atoms with Crippen LogP contribution in [0.15, 0.2) is 5.16 Å². The van der Waals surface area contributed by atoms with E-state index in [9.17, 15) is 0 Å². The van der Waals surface area contributed by atoms with Crippen molar-refractivity contribution in [2.24, 2.45) is 5.16 Å². The Morgan fingerprint density at radius 1 is 2.25 bits per heavy atom. The maximum absolute atomic E-state index is 4.06. The highest BCUT2D eigenvalue weighted by atomic mass is 16.6. The minimum Gasteiger partial charge on any atom is -0.400 e. The lowest BCUT2D eigenvalue weighted by molar-refractivity contribution is 0.217. The quantitative estimate of drug-likeness (QED) is 0.320. The molecule has 0 aromatic heterocycles. The van der Waals surface area contributed by atoms with Crippen molar-refractivity contribution >= 4 is 6.72 Å². The van der Waals surface area contributed by atoms with E-state index >= 15 is 0 Å². The van der Waals surface area contributed by atoms with Crippen LogP contribution in [0.25, 0.3) is 0 Å². The maximum atomic E-state index is 4.06. The van der Waals surface area contributed by atoms with Crippen molar-refractivity contribution in [3.05, 3.63) is 0 Å². The first-order chi connectivity index (χ1) is 1.91. The van der Waals surface area contributed by atoms with E-state index in [1.807, 2.05) is 0 Å². The van der Waals surface area contributed by atoms with Gasteiger partial charge in [0.15, 0.2) is 0 Å². The zero-order valence-electron chi connectivity index (χ0n) is 2.56. The molecule has 0 saturated carbocycles. The zero-order valence-corrected chi connectivity index (χ0v) is 2.56. The second-order valence-electron chi connectivity index (χ2n) is 0.312. The van der Waals surface area contributed by atoms with Crippen LogP contribution in [0.5, 0.6) is 0 Å². The Hall–Kier alpha value is -0.530. The summed E-state index contributed by atoms with van der Waals surface area (Å²) in [5, 5.41) is 2.99. The van der Waals surface area contributed by atoms with E-state index in [0.717, 1.165) is 0 Å². The Labute approximate surface area is 26.6 Å². The summed E-state index contributed by atoms with van der Waals surface area (Å²) in [6.45, 7) is 3.01. The van der Waals surface area contributed by atoms with Gasteiger partial charge in [0.2, 0.25) is 0 Å². The summed E-state index contributed by atoms with van der Waals surface area (Å²) >= 11 is 0. The molecule has 0 aliphatic heterocycles. The molecule has 2 heteroatoms. The second-order valence-corrected chi connectivity index (χ2v) is 0.312. The molecule has 0 spiro atoms. The summed E-state index contributed by atoms with van der Waals surface area (Å²) < 4.78 is 0. The minimum absolute atomic E-state index is 0. The first-order valence-electron chi connectivity index (χ1n) is 0.907. The van der Waals surface area contributed by atoms with Crippen LogP contribution in [0.2, 0.25) is 0 Å². The van der Waals surface area contributed by atoms with Crippen LogP contribution in [0, 0.1) is 0 Å². The van der Waals surface area contributed by atoms with Crippen LogP contribution in [-0.4, -0.2) is 13.8 Å². The van der Waals surface area contributed by atoms with Crippen molar-refractivity contribution in [3.63, 3.8) is 0 Å². The topological polar surface area (TPSA) is 21.6 Å². The van der Waals surface area contributed by atoms with Crippen molar-refractivity contribution in [2.75, 3.05) is 7.11 Å². The van der Waals surface area contributed by atoms with Gasteiger partial charge in [0.1, 0.15) is 7.11 Å². The fourth-order valence-corrected chi connectivity index (χ4v) is 0. The summed E-state index contributed by atoms with van der Waals surface area (Å²) in [6, 6.07) is 0. The Balaban J connectivity index is 0. The molecule has 0 heterocycles. The molecule has 0 rings (SSSR count). The van der Waals surface area contributed by atoms with E-state index in [-0.39, 0.29) is 1.43 Å². The molecule has 0 unspecified atom stereocenters. The normalized spacial score (nSPS) is 5.25. The Bertz CT molecular complexity index is 23.6. The molecule has 0 saturated heterocycles. The predicted molar refractivity (Wildman–Crippen MR) is 18.7 cm³/mol. The fourth-order valence-electron chi connectivity index (χ4n) is 0. The smallest absolute Gasteiger partial charge is 0.106 e. The lowest BCUT2D eigenvalue weighted by atomic mass is 11.7. The van der Waals surface area contributed by atoms with Gasteiger partial charge in [0.05, 0.1) is 0 Å². The summed E-state index contributed by atoms with van der Waals surface area (Å²) in [4.78, 5) is 4.06. The third-order valence-corrected chi connectivity index (χ3v) is 0.129. The van der Waals surface area contributed by atoms with E-state index in [4.69, 9.17) is 0 Å². The van der Waals surface area contributed by atoms with Crippen LogP contribution in [0.4, 0.5) is 0 Å². The number of oxime groups is 1. The van der Waals surface area contributed by atoms with Gasteiger partial charge < -0.3 is 4.84 Å². The molecule has 0 aromatic carbocycles. The van der Waals surface area contributed by atoms with Gasteiger partial charge in [-0.05, 0) is 0 Å². The van der Waals surface area contributed by atoms with Crippen LogP contribution in [0.3, 0.4) is 0 Å². The first kappa shape index (κ1) is 3.47. The summed E-state index contributed by atoms with van der Waals surface area (Å²) in [7, 11) is 1.45. The van der Waals surface area contributed by atoms with Crippen molar-refractivity contribution in [2.45, 2.75) is 0 Å². The highest BCUT2D eigenvalue weighted by Crippen LogP contribution is 1.49. The predicted octanol–water partition coefficient (Wildman–Crippen LogP) is 0.494. The van der Waals surface area contributed by atoms with E-state index in [1.54, 1.807) is 0 Å². The Morgan fingerprint density at radius 3 is 2.50 bits per heavy atom. The van der Waals surface area contributed by atoms with E-state index in [2.05, 4.69) is 16.7 Å². The molecular formula is C2H7NO. The highest BCUT2D eigenvalue weighted by Gasteiger charge is 1.35. The summed E-state index contributed by atoms with van der Waals surface area (Å²) in [5.74, 6) is 0. The van der Waals surface area contributed by atoms with E-state index < -0.39 is 0 Å². The minimum atomic E-state index is 0. The molecule has 26 valence electrons. The average Bonchev–Trinajstić information content (AvgIpc) is 1.37. The largest absolute Gasteiger partial charge is 0.400 e. The zero-order chi connectivity index (χ0) is 3.41. The monoisotopic (exact) mass is 63.1 g/mol. The van der Waals surface area contributed by atoms with Crippen LogP contribution < -0.4 is 0 Å². The third kappa shape index (κ3) is 1.47. The highest BCUT2D eigenvalue weighted by molar-refractivity contribution is 5.21. The maximum Gasteiger partial charge on any atom is 0.106 e. The second kappa shape index (κ2) is 2.47. The third-order valence-electron chi connectivity index (χ3n) is 0.129. The fraction of sp³-hybridized carbons (Fsp3) is 0.500. The van der Waals surface area contributed by atoms with Crippen molar-refractivity contribution < 1.29 is 6.26 Å². The van der Waals surface area contributed by atoms with Gasteiger partial charge in [-0.1, -0.05) is 0 Å². The van der Waals surface area contributed by atoms with E-state index in [1.165, 1.54) is 7.11 Å². The number of nitrogens with zero attached hydrogens (tertiary/aromatic N) is 1. The van der Waals surface area contributed by atoms with Gasteiger partial charge in [-0.25, -0.2) is 0 Å². The van der Waals surface area contributed by atoms with E-state index in [0.29, 0.717) is 0 Å². The molecule has 4 heavy (non-hydrogen) atoms. The molecule has 0 N–H and O–H groups in total. The standard InChI is InChI=1S/C2H5NO.H2/c1-3-4-2;/h1H2,2H3;1H/i;1+2. The molecule has 2 nitrogen and oxygen atoms in total. The summed E-state index contributed by atoms with van der Waals surface area (Å²) in [6.07, 6.45) is 0. The average molecular weight is 63.1 g/mol. The molecule has 0 amide bonds. The lowest BCUT2D eigenvalue weighted by Crippen LogP contribution is -1.55. The van der Waals surface area contributed by atoms with Crippen molar-refractivity contribution in [1.82, 2.24) is 0 Å². The number of hydrogen-bond acceptors (Lipinski definition) is 2. The molecular weight excluding hydrogens is 54.0 g/mol. The van der Waals surface area contributed by atoms with Gasteiger partial charge in [-0.2, -0.15) is 0 Å². The number of rotatable bonds is 1. The molecule has 0 fully saturated rings. The molecule has 0 aliphatic rings. The van der Waals surface area contributed by atoms with Crippen molar-refractivity contribution in [3.8, 4) is 0 Å². The SMILES string of the molecule is C=NOC.[3HH]. The molecule has 0 atom stereocenters.